The molecule has 1 rings (SSSR count). The van der Waals surface area contributed by atoms with E-state index in [2.05, 4.69) is 6.07 Å². The van der Waals surface area contributed by atoms with E-state index < -0.39 is 0 Å². The predicted molar refractivity (Wildman–Crippen MR) is 53.1 cm³/mol. The van der Waals surface area contributed by atoms with E-state index in [1.165, 1.54) is 6.92 Å². The Labute approximate surface area is 81.6 Å². The standard InChI is InChI=1S/C10H9NOS/c1-8(12)13-10(7-11)9-5-3-2-4-6-9/h2-6,10H,1H3. The summed E-state index contributed by atoms with van der Waals surface area (Å²) in [6, 6.07) is 11.4. The summed E-state index contributed by atoms with van der Waals surface area (Å²) < 4.78 is 0. The molecule has 0 amide bonds. The number of rotatable bonds is 2. The van der Waals surface area contributed by atoms with Crippen molar-refractivity contribution in [1.29, 1.82) is 5.26 Å². The maximum atomic E-state index is 10.8. The Morgan fingerprint density at radius 1 is 1.46 bits per heavy atom. The Kier molecular flexibility index (Phi) is 3.53. The minimum atomic E-state index is -0.376. The SMILES string of the molecule is CC(=O)SC(C#N)c1ccccc1. The normalized spacial score (nSPS) is 11.7. The van der Waals surface area contributed by atoms with Crippen LogP contribution in [0.1, 0.15) is 17.7 Å². The molecule has 0 fully saturated rings. The molecule has 0 radical (unpaired) electrons. The topological polar surface area (TPSA) is 40.9 Å². The van der Waals surface area contributed by atoms with Crippen LogP contribution in [0, 0.1) is 11.3 Å². The third-order valence-corrected chi connectivity index (χ3v) is 2.45. The van der Waals surface area contributed by atoms with Crippen LogP contribution in [0.2, 0.25) is 0 Å². The van der Waals surface area contributed by atoms with E-state index in [0.717, 1.165) is 17.3 Å². The molecule has 1 aromatic rings. The van der Waals surface area contributed by atoms with Gasteiger partial charge in [-0.1, -0.05) is 42.1 Å². The summed E-state index contributed by atoms with van der Waals surface area (Å²) in [5.74, 6) is 0. The largest absolute Gasteiger partial charge is 0.287 e. The minimum absolute atomic E-state index is 0.0320. The highest BCUT2D eigenvalue weighted by molar-refractivity contribution is 8.13. The molecule has 0 heterocycles. The summed E-state index contributed by atoms with van der Waals surface area (Å²) >= 11 is 1.05. The van der Waals surface area contributed by atoms with E-state index in [1.54, 1.807) is 0 Å². The van der Waals surface area contributed by atoms with Gasteiger partial charge in [0.05, 0.1) is 6.07 Å². The lowest BCUT2D eigenvalue weighted by Gasteiger charge is -2.05. The van der Waals surface area contributed by atoms with Gasteiger partial charge in [0, 0.05) is 6.92 Å². The molecule has 1 atom stereocenters. The Morgan fingerprint density at radius 2 is 2.08 bits per heavy atom. The monoisotopic (exact) mass is 191 g/mol. The molecule has 0 aliphatic rings. The van der Waals surface area contributed by atoms with Crippen LogP contribution < -0.4 is 0 Å². The zero-order valence-electron chi connectivity index (χ0n) is 7.23. The van der Waals surface area contributed by atoms with Crippen LogP contribution in [-0.4, -0.2) is 5.12 Å². The van der Waals surface area contributed by atoms with Gasteiger partial charge in [-0.05, 0) is 5.56 Å². The highest BCUT2D eigenvalue weighted by Crippen LogP contribution is 2.27. The molecular formula is C10H9NOS. The molecule has 1 aromatic carbocycles. The molecule has 3 heteroatoms. The summed E-state index contributed by atoms with van der Waals surface area (Å²) in [5, 5.41) is 8.40. The van der Waals surface area contributed by atoms with E-state index in [-0.39, 0.29) is 10.4 Å². The zero-order chi connectivity index (χ0) is 9.68. The second-order valence-electron chi connectivity index (χ2n) is 2.53. The lowest BCUT2D eigenvalue weighted by molar-refractivity contribution is -0.109. The molecule has 0 aliphatic heterocycles. The molecule has 0 aromatic heterocycles. The number of nitrogens with zero attached hydrogens (tertiary/aromatic N) is 1. The van der Waals surface area contributed by atoms with Crippen molar-refractivity contribution >= 4 is 16.9 Å². The quantitative estimate of drug-likeness (QED) is 0.721. The van der Waals surface area contributed by atoms with Gasteiger partial charge in [0.1, 0.15) is 5.25 Å². The molecule has 0 aliphatic carbocycles. The van der Waals surface area contributed by atoms with Crippen molar-refractivity contribution in [2.45, 2.75) is 12.2 Å². The molecule has 0 saturated carbocycles. The molecule has 66 valence electrons. The van der Waals surface area contributed by atoms with Gasteiger partial charge in [0.25, 0.3) is 0 Å². The number of thioether (sulfide) groups is 1. The van der Waals surface area contributed by atoms with Crippen molar-refractivity contribution in [3.8, 4) is 6.07 Å². The van der Waals surface area contributed by atoms with Crippen molar-refractivity contribution < 1.29 is 4.79 Å². The van der Waals surface area contributed by atoms with Gasteiger partial charge in [-0.25, -0.2) is 0 Å². The molecular weight excluding hydrogens is 182 g/mol. The van der Waals surface area contributed by atoms with Gasteiger partial charge in [0.15, 0.2) is 5.12 Å². The summed E-state index contributed by atoms with van der Waals surface area (Å²) in [6.45, 7) is 1.47. The first-order chi connectivity index (χ1) is 6.24. The van der Waals surface area contributed by atoms with E-state index in [9.17, 15) is 4.79 Å². The molecule has 0 bridgehead atoms. The number of nitriles is 1. The number of hydrogen-bond donors (Lipinski definition) is 0. The first-order valence-corrected chi connectivity index (χ1v) is 4.74. The van der Waals surface area contributed by atoms with Crippen molar-refractivity contribution in [1.82, 2.24) is 0 Å². The molecule has 0 saturated heterocycles. The lowest BCUT2D eigenvalue weighted by atomic mass is 10.2. The number of benzene rings is 1. The molecule has 0 spiro atoms. The second-order valence-corrected chi connectivity index (χ2v) is 3.81. The fourth-order valence-electron chi connectivity index (χ4n) is 0.963. The van der Waals surface area contributed by atoms with Gasteiger partial charge in [0.2, 0.25) is 0 Å². The average molecular weight is 191 g/mol. The van der Waals surface area contributed by atoms with Gasteiger partial charge in [-0.2, -0.15) is 5.26 Å². The van der Waals surface area contributed by atoms with E-state index >= 15 is 0 Å². The fraction of sp³-hybridized carbons (Fsp3) is 0.200. The molecule has 13 heavy (non-hydrogen) atoms. The van der Waals surface area contributed by atoms with Crippen LogP contribution >= 0.6 is 11.8 Å². The minimum Gasteiger partial charge on any atom is -0.287 e. The Hall–Kier alpha value is -1.27. The summed E-state index contributed by atoms with van der Waals surface area (Å²) in [4.78, 5) is 10.8. The first kappa shape index (κ1) is 9.82. The average Bonchev–Trinajstić information content (AvgIpc) is 2.15. The third-order valence-electron chi connectivity index (χ3n) is 1.50. The predicted octanol–water partition coefficient (Wildman–Crippen LogP) is 2.53. The van der Waals surface area contributed by atoms with Crippen LogP contribution in [0.25, 0.3) is 0 Å². The summed E-state index contributed by atoms with van der Waals surface area (Å²) in [6.07, 6.45) is 0. The Balaban J connectivity index is 2.80. The van der Waals surface area contributed by atoms with E-state index in [1.807, 2.05) is 30.3 Å². The van der Waals surface area contributed by atoms with Crippen LogP contribution in [0.4, 0.5) is 0 Å². The van der Waals surface area contributed by atoms with Crippen LogP contribution in [0.15, 0.2) is 30.3 Å². The maximum absolute atomic E-state index is 10.8. The van der Waals surface area contributed by atoms with Crippen molar-refractivity contribution in [2.24, 2.45) is 0 Å². The highest BCUT2D eigenvalue weighted by Gasteiger charge is 2.12. The van der Waals surface area contributed by atoms with E-state index in [4.69, 9.17) is 5.26 Å². The van der Waals surface area contributed by atoms with Gasteiger partial charge in [-0.15, -0.1) is 0 Å². The number of carbonyl (C=O) groups excluding carboxylic acids is 1. The summed E-state index contributed by atoms with van der Waals surface area (Å²) in [7, 11) is 0. The second kappa shape index (κ2) is 4.68. The van der Waals surface area contributed by atoms with Gasteiger partial charge in [-0.3, -0.25) is 4.79 Å². The van der Waals surface area contributed by atoms with Crippen molar-refractivity contribution in [2.75, 3.05) is 0 Å². The third kappa shape index (κ3) is 2.92. The Morgan fingerprint density at radius 3 is 2.54 bits per heavy atom. The van der Waals surface area contributed by atoms with Gasteiger partial charge >= 0.3 is 0 Å². The van der Waals surface area contributed by atoms with Gasteiger partial charge < -0.3 is 0 Å². The summed E-state index contributed by atoms with van der Waals surface area (Å²) in [5.41, 5.74) is 0.880. The van der Waals surface area contributed by atoms with Crippen LogP contribution in [-0.2, 0) is 4.79 Å². The van der Waals surface area contributed by atoms with Crippen molar-refractivity contribution in [3.63, 3.8) is 0 Å². The lowest BCUT2D eigenvalue weighted by Crippen LogP contribution is -1.93. The van der Waals surface area contributed by atoms with Crippen LogP contribution in [0.5, 0.6) is 0 Å². The number of hydrogen-bond acceptors (Lipinski definition) is 3. The fourth-order valence-corrected chi connectivity index (χ4v) is 1.64. The van der Waals surface area contributed by atoms with Crippen molar-refractivity contribution in [3.05, 3.63) is 35.9 Å². The number of carbonyl (C=O) groups is 1. The Bertz CT molecular complexity index is 329. The van der Waals surface area contributed by atoms with E-state index in [0.29, 0.717) is 0 Å². The van der Waals surface area contributed by atoms with Crippen LogP contribution in [0.3, 0.4) is 0 Å². The molecule has 2 nitrogen and oxygen atoms in total. The smallest absolute Gasteiger partial charge is 0.187 e. The molecule has 1 unspecified atom stereocenters. The maximum Gasteiger partial charge on any atom is 0.187 e. The molecule has 0 N–H and O–H groups in total. The first-order valence-electron chi connectivity index (χ1n) is 3.86. The zero-order valence-corrected chi connectivity index (χ0v) is 8.04. The highest BCUT2D eigenvalue weighted by atomic mass is 32.2.